The Labute approximate surface area is 104 Å². The molecule has 88 valence electrons. The summed E-state index contributed by atoms with van der Waals surface area (Å²) in [6.07, 6.45) is 4.94. The summed E-state index contributed by atoms with van der Waals surface area (Å²) in [4.78, 5) is 4.14. The lowest BCUT2D eigenvalue weighted by Crippen LogP contribution is -1.86. The lowest BCUT2D eigenvalue weighted by molar-refractivity contribution is 0.568. The second kappa shape index (κ2) is 4.41. The normalized spacial score (nSPS) is 10.5. The summed E-state index contributed by atoms with van der Waals surface area (Å²) in [5.41, 5.74) is 4.30. The predicted octanol–water partition coefficient (Wildman–Crippen LogP) is 3.11. The first kappa shape index (κ1) is 10.7. The highest BCUT2D eigenvalue weighted by Crippen LogP contribution is 2.27. The maximum Gasteiger partial charge on any atom is 0.247 e. The number of hydrogen-bond acceptors (Lipinski definition) is 4. The topological polar surface area (TPSA) is 51.8 Å². The van der Waals surface area contributed by atoms with Gasteiger partial charge in [0, 0.05) is 23.5 Å². The third-order valence-corrected chi connectivity index (χ3v) is 2.82. The lowest BCUT2D eigenvalue weighted by atomic mass is 9.99. The molecule has 0 amide bonds. The van der Waals surface area contributed by atoms with Crippen molar-refractivity contribution in [3.05, 3.63) is 54.7 Å². The Morgan fingerprint density at radius 1 is 1.11 bits per heavy atom. The van der Waals surface area contributed by atoms with E-state index in [0.717, 1.165) is 16.7 Å². The van der Waals surface area contributed by atoms with Crippen molar-refractivity contribution in [3.8, 4) is 22.6 Å². The third kappa shape index (κ3) is 1.88. The molecule has 0 aliphatic carbocycles. The molecule has 0 unspecified atom stereocenters. The largest absolute Gasteiger partial charge is 0.423 e. The van der Waals surface area contributed by atoms with E-state index in [9.17, 15) is 0 Å². The van der Waals surface area contributed by atoms with Crippen molar-refractivity contribution in [2.45, 2.75) is 6.92 Å². The van der Waals surface area contributed by atoms with E-state index < -0.39 is 0 Å². The lowest BCUT2D eigenvalue weighted by Gasteiger charge is -2.06. The minimum Gasteiger partial charge on any atom is -0.423 e. The average molecular weight is 237 g/mol. The molecule has 0 aliphatic heterocycles. The minimum absolute atomic E-state index is 0.528. The van der Waals surface area contributed by atoms with Gasteiger partial charge in [-0.05, 0) is 36.2 Å². The van der Waals surface area contributed by atoms with Crippen LogP contribution >= 0.6 is 0 Å². The zero-order chi connectivity index (χ0) is 12.4. The highest BCUT2D eigenvalue weighted by atomic mass is 16.4. The van der Waals surface area contributed by atoms with Gasteiger partial charge in [0.2, 0.25) is 12.3 Å². The van der Waals surface area contributed by atoms with Crippen LogP contribution in [0.5, 0.6) is 0 Å². The van der Waals surface area contributed by atoms with Crippen LogP contribution in [-0.2, 0) is 0 Å². The number of rotatable bonds is 2. The Bertz CT molecular complexity index is 648. The molecule has 0 radical (unpaired) electrons. The molecule has 2 aromatic heterocycles. The van der Waals surface area contributed by atoms with E-state index in [4.69, 9.17) is 4.42 Å². The van der Waals surface area contributed by atoms with Crippen molar-refractivity contribution < 1.29 is 4.42 Å². The molecule has 4 heteroatoms. The number of pyridine rings is 1. The standard InChI is InChI=1S/C14H11N3O/c1-10-4-5-11(14-17-16-9-18-14)7-13(10)12-3-2-6-15-8-12/h2-9H,1H3. The maximum absolute atomic E-state index is 5.21. The van der Waals surface area contributed by atoms with E-state index in [2.05, 4.69) is 22.1 Å². The van der Waals surface area contributed by atoms with Gasteiger partial charge in [-0.3, -0.25) is 4.98 Å². The van der Waals surface area contributed by atoms with Crippen molar-refractivity contribution >= 4 is 0 Å². The van der Waals surface area contributed by atoms with Gasteiger partial charge in [0.15, 0.2) is 0 Å². The quantitative estimate of drug-likeness (QED) is 0.687. The molecule has 0 spiro atoms. The first-order valence-corrected chi connectivity index (χ1v) is 5.62. The monoisotopic (exact) mass is 237 g/mol. The van der Waals surface area contributed by atoms with Crippen molar-refractivity contribution in [1.82, 2.24) is 15.2 Å². The molecule has 0 aliphatic rings. The van der Waals surface area contributed by atoms with Crippen LogP contribution in [0.25, 0.3) is 22.6 Å². The molecule has 0 saturated carbocycles. The molecule has 18 heavy (non-hydrogen) atoms. The molecule has 4 nitrogen and oxygen atoms in total. The summed E-state index contributed by atoms with van der Waals surface area (Å²) < 4.78 is 5.21. The molecular weight excluding hydrogens is 226 g/mol. The van der Waals surface area contributed by atoms with Crippen LogP contribution in [0, 0.1) is 6.92 Å². The fourth-order valence-electron chi connectivity index (χ4n) is 1.89. The minimum atomic E-state index is 0.528. The summed E-state index contributed by atoms with van der Waals surface area (Å²) in [5, 5.41) is 7.61. The first-order chi connectivity index (χ1) is 8.84. The van der Waals surface area contributed by atoms with E-state index >= 15 is 0 Å². The highest BCUT2D eigenvalue weighted by Gasteiger charge is 2.08. The van der Waals surface area contributed by atoms with Crippen molar-refractivity contribution in [1.29, 1.82) is 0 Å². The van der Waals surface area contributed by atoms with Gasteiger partial charge < -0.3 is 4.42 Å². The molecule has 0 atom stereocenters. The number of aromatic nitrogens is 3. The smallest absolute Gasteiger partial charge is 0.247 e. The average Bonchev–Trinajstić information content (AvgIpc) is 2.94. The van der Waals surface area contributed by atoms with Gasteiger partial charge in [0.25, 0.3) is 0 Å². The van der Waals surface area contributed by atoms with Crippen molar-refractivity contribution in [2.24, 2.45) is 0 Å². The summed E-state index contributed by atoms with van der Waals surface area (Å²) in [6.45, 7) is 2.07. The zero-order valence-corrected chi connectivity index (χ0v) is 9.87. The summed E-state index contributed by atoms with van der Waals surface area (Å²) in [7, 11) is 0. The second-order valence-electron chi connectivity index (χ2n) is 4.02. The van der Waals surface area contributed by atoms with Gasteiger partial charge in [-0.2, -0.15) is 0 Å². The summed E-state index contributed by atoms with van der Waals surface area (Å²) in [6, 6.07) is 10.0. The van der Waals surface area contributed by atoms with Crippen molar-refractivity contribution in [2.75, 3.05) is 0 Å². The van der Waals surface area contributed by atoms with Crippen LogP contribution in [0.3, 0.4) is 0 Å². The molecule has 0 bridgehead atoms. The summed E-state index contributed by atoms with van der Waals surface area (Å²) in [5.74, 6) is 0.528. The highest BCUT2D eigenvalue weighted by molar-refractivity contribution is 5.72. The molecule has 0 fully saturated rings. The van der Waals surface area contributed by atoms with Crippen LogP contribution in [0.1, 0.15) is 5.56 Å². The van der Waals surface area contributed by atoms with Crippen LogP contribution in [-0.4, -0.2) is 15.2 Å². The fraction of sp³-hybridized carbons (Fsp3) is 0.0714. The molecular formula is C14H11N3O. The van der Waals surface area contributed by atoms with Gasteiger partial charge in [-0.15, -0.1) is 10.2 Å². The number of nitrogens with zero attached hydrogens (tertiary/aromatic N) is 3. The molecule has 3 aromatic rings. The van der Waals surface area contributed by atoms with E-state index in [1.165, 1.54) is 12.0 Å². The van der Waals surface area contributed by atoms with E-state index in [-0.39, 0.29) is 0 Å². The van der Waals surface area contributed by atoms with Crippen LogP contribution in [0.2, 0.25) is 0 Å². The fourth-order valence-corrected chi connectivity index (χ4v) is 1.89. The molecule has 0 N–H and O–H groups in total. The van der Waals surface area contributed by atoms with Crippen LogP contribution in [0.15, 0.2) is 53.5 Å². The SMILES string of the molecule is Cc1ccc(-c2nnco2)cc1-c1cccnc1. The maximum atomic E-state index is 5.21. The van der Waals surface area contributed by atoms with Crippen molar-refractivity contribution in [3.63, 3.8) is 0 Å². The van der Waals surface area contributed by atoms with Gasteiger partial charge in [0.1, 0.15) is 0 Å². The van der Waals surface area contributed by atoms with E-state index in [1.807, 2.05) is 36.5 Å². The predicted molar refractivity (Wildman–Crippen MR) is 67.7 cm³/mol. The van der Waals surface area contributed by atoms with Gasteiger partial charge >= 0.3 is 0 Å². The van der Waals surface area contributed by atoms with E-state index in [0.29, 0.717) is 5.89 Å². The number of hydrogen-bond donors (Lipinski definition) is 0. The number of benzene rings is 1. The van der Waals surface area contributed by atoms with Gasteiger partial charge in [-0.1, -0.05) is 12.1 Å². The Hall–Kier alpha value is -2.49. The van der Waals surface area contributed by atoms with E-state index in [1.54, 1.807) is 6.20 Å². The summed E-state index contributed by atoms with van der Waals surface area (Å²) >= 11 is 0. The molecule has 3 rings (SSSR count). The van der Waals surface area contributed by atoms with Crippen LogP contribution in [0.4, 0.5) is 0 Å². The molecule has 0 saturated heterocycles. The second-order valence-corrected chi connectivity index (χ2v) is 4.02. The van der Waals surface area contributed by atoms with Gasteiger partial charge in [0.05, 0.1) is 0 Å². The van der Waals surface area contributed by atoms with Crippen LogP contribution < -0.4 is 0 Å². The Balaban J connectivity index is 2.13. The first-order valence-electron chi connectivity index (χ1n) is 5.62. The Morgan fingerprint density at radius 3 is 2.78 bits per heavy atom. The van der Waals surface area contributed by atoms with Gasteiger partial charge in [-0.25, -0.2) is 0 Å². The molecule has 2 heterocycles. The Kier molecular flexibility index (Phi) is 2.61. The Morgan fingerprint density at radius 2 is 2.06 bits per heavy atom. The zero-order valence-electron chi connectivity index (χ0n) is 9.87. The molecule has 1 aromatic carbocycles. The third-order valence-electron chi connectivity index (χ3n) is 2.82. The number of aryl methyl sites for hydroxylation is 1.